The Labute approximate surface area is 160 Å². The van der Waals surface area contributed by atoms with E-state index in [2.05, 4.69) is 4.98 Å². The summed E-state index contributed by atoms with van der Waals surface area (Å²) in [4.78, 5) is 28.5. The number of hydrogen-bond donors (Lipinski definition) is 0. The number of carbonyl (C=O) groups excluding carboxylic acids is 2. The molecule has 0 N–H and O–H groups in total. The number of esters is 1. The van der Waals surface area contributed by atoms with Crippen molar-refractivity contribution in [2.45, 2.75) is 0 Å². The first-order valence-electron chi connectivity index (χ1n) is 8.06. The van der Waals surface area contributed by atoms with Crippen LogP contribution in [-0.4, -0.2) is 37.6 Å². The molecule has 0 bridgehead atoms. The Morgan fingerprint density at radius 2 is 1.85 bits per heavy atom. The van der Waals surface area contributed by atoms with Crippen molar-refractivity contribution in [3.63, 3.8) is 0 Å². The van der Waals surface area contributed by atoms with E-state index in [4.69, 9.17) is 14.2 Å². The van der Waals surface area contributed by atoms with Gasteiger partial charge in [0.15, 0.2) is 23.9 Å². The minimum atomic E-state index is -0.608. The summed E-state index contributed by atoms with van der Waals surface area (Å²) in [5.74, 6) is 0.0102. The van der Waals surface area contributed by atoms with Crippen LogP contribution in [0.15, 0.2) is 48.5 Å². The molecule has 0 saturated carbocycles. The van der Waals surface area contributed by atoms with Gasteiger partial charge in [-0.1, -0.05) is 12.1 Å². The Bertz CT molecular complexity index is 976. The maximum absolute atomic E-state index is 12.2. The van der Waals surface area contributed by atoms with Gasteiger partial charge < -0.3 is 14.2 Å². The highest BCUT2D eigenvalue weighted by molar-refractivity contribution is 7.19. The van der Waals surface area contributed by atoms with E-state index < -0.39 is 5.97 Å². The topological polar surface area (TPSA) is 74.7 Å². The van der Waals surface area contributed by atoms with E-state index >= 15 is 0 Å². The van der Waals surface area contributed by atoms with Crippen LogP contribution in [0.5, 0.6) is 11.5 Å². The van der Waals surface area contributed by atoms with E-state index in [9.17, 15) is 9.59 Å². The largest absolute Gasteiger partial charge is 0.493 e. The molecular weight excluding hydrogens is 366 g/mol. The van der Waals surface area contributed by atoms with Crippen LogP contribution in [0, 0.1) is 0 Å². The maximum Gasteiger partial charge on any atom is 0.331 e. The number of nitrogens with zero attached hydrogens (tertiary/aromatic N) is 1. The van der Waals surface area contributed by atoms with Crippen molar-refractivity contribution in [3.05, 3.63) is 59.1 Å². The van der Waals surface area contributed by atoms with Gasteiger partial charge >= 0.3 is 5.97 Å². The molecule has 3 aromatic rings. The van der Waals surface area contributed by atoms with E-state index in [1.807, 2.05) is 24.3 Å². The van der Waals surface area contributed by atoms with Gasteiger partial charge in [-0.2, -0.15) is 0 Å². The van der Waals surface area contributed by atoms with E-state index in [1.165, 1.54) is 31.6 Å². The average Bonchev–Trinajstić information content (AvgIpc) is 3.12. The number of benzene rings is 2. The third kappa shape index (κ3) is 4.51. The zero-order valence-corrected chi connectivity index (χ0v) is 15.6. The van der Waals surface area contributed by atoms with Crippen LogP contribution >= 0.6 is 11.3 Å². The summed E-state index contributed by atoms with van der Waals surface area (Å²) in [7, 11) is 3.00. The molecule has 138 valence electrons. The monoisotopic (exact) mass is 383 g/mol. The zero-order chi connectivity index (χ0) is 19.2. The SMILES string of the molecule is COc1ccc(C(=O)COC(=O)/C=C/c2nc3ccccc3s2)cc1OC. The predicted molar refractivity (Wildman–Crippen MR) is 103 cm³/mol. The summed E-state index contributed by atoms with van der Waals surface area (Å²) in [6, 6.07) is 12.5. The van der Waals surface area contributed by atoms with Gasteiger partial charge in [-0.25, -0.2) is 9.78 Å². The van der Waals surface area contributed by atoms with Gasteiger partial charge in [-0.3, -0.25) is 4.79 Å². The molecule has 0 saturated heterocycles. The van der Waals surface area contributed by atoms with E-state index in [0.717, 1.165) is 10.2 Å². The number of ether oxygens (including phenoxy) is 3. The molecule has 2 aromatic carbocycles. The van der Waals surface area contributed by atoms with Crippen LogP contribution in [0.1, 0.15) is 15.4 Å². The number of para-hydroxylation sites is 1. The zero-order valence-electron chi connectivity index (χ0n) is 14.8. The second-order valence-corrected chi connectivity index (χ2v) is 6.52. The highest BCUT2D eigenvalue weighted by Crippen LogP contribution is 2.27. The van der Waals surface area contributed by atoms with Gasteiger partial charge in [-0.05, 0) is 36.4 Å². The fourth-order valence-electron chi connectivity index (χ4n) is 2.38. The highest BCUT2D eigenvalue weighted by Gasteiger charge is 2.12. The first kappa shape index (κ1) is 18.6. The smallest absolute Gasteiger partial charge is 0.331 e. The summed E-state index contributed by atoms with van der Waals surface area (Å²) in [6.07, 6.45) is 2.84. The Morgan fingerprint density at radius 3 is 2.59 bits per heavy atom. The number of rotatable bonds is 7. The highest BCUT2D eigenvalue weighted by atomic mass is 32.1. The van der Waals surface area contributed by atoms with Gasteiger partial charge in [0.2, 0.25) is 0 Å². The van der Waals surface area contributed by atoms with Crippen LogP contribution < -0.4 is 9.47 Å². The maximum atomic E-state index is 12.2. The van der Waals surface area contributed by atoms with Crippen molar-refractivity contribution in [1.29, 1.82) is 0 Å². The number of hydrogen-bond acceptors (Lipinski definition) is 7. The van der Waals surface area contributed by atoms with Crippen molar-refractivity contribution < 1.29 is 23.8 Å². The Kier molecular flexibility index (Phi) is 5.83. The van der Waals surface area contributed by atoms with Crippen LogP contribution in [0.25, 0.3) is 16.3 Å². The number of ketones is 1. The number of aromatic nitrogens is 1. The van der Waals surface area contributed by atoms with Crippen molar-refractivity contribution in [2.24, 2.45) is 0 Å². The molecule has 7 heteroatoms. The Balaban J connectivity index is 1.59. The number of carbonyl (C=O) groups is 2. The molecule has 3 rings (SSSR count). The first-order valence-corrected chi connectivity index (χ1v) is 8.88. The lowest BCUT2D eigenvalue weighted by Gasteiger charge is -2.09. The Hall–Kier alpha value is -3.19. The van der Waals surface area contributed by atoms with Gasteiger partial charge in [0.25, 0.3) is 0 Å². The molecule has 0 atom stereocenters. The van der Waals surface area contributed by atoms with Crippen molar-refractivity contribution in [1.82, 2.24) is 4.98 Å². The molecule has 1 aromatic heterocycles. The minimum Gasteiger partial charge on any atom is -0.493 e. The molecule has 0 aliphatic rings. The summed E-state index contributed by atoms with van der Waals surface area (Å²) in [5.41, 5.74) is 1.25. The molecule has 1 heterocycles. The fraction of sp³-hybridized carbons (Fsp3) is 0.150. The second kappa shape index (κ2) is 8.46. The van der Waals surface area contributed by atoms with Crippen LogP contribution in [0.2, 0.25) is 0 Å². The minimum absolute atomic E-state index is 0.335. The lowest BCUT2D eigenvalue weighted by atomic mass is 10.1. The molecule has 0 amide bonds. The summed E-state index contributed by atoms with van der Waals surface area (Å²) >= 11 is 1.47. The fourth-order valence-corrected chi connectivity index (χ4v) is 3.25. The third-order valence-electron chi connectivity index (χ3n) is 3.72. The molecule has 0 radical (unpaired) electrons. The number of thiazole rings is 1. The summed E-state index contributed by atoms with van der Waals surface area (Å²) < 4.78 is 16.3. The summed E-state index contributed by atoms with van der Waals surface area (Å²) in [6.45, 7) is -0.363. The van der Waals surface area contributed by atoms with Gasteiger partial charge in [0.05, 0.1) is 24.4 Å². The van der Waals surface area contributed by atoms with Crippen LogP contribution in [0.3, 0.4) is 0 Å². The van der Waals surface area contributed by atoms with Crippen molar-refractivity contribution in [3.8, 4) is 11.5 Å². The number of methoxy groups -OCH3 is 2. The summed E-state index contributed by atoms with van der Waals surface area (Å²) in [5, 5.41) is 0.694. The third-order valence-corrected chi connectivity index (χ3v) is 4.73. The van der Waals surface area contributed by atoms with E-state index in [0.29, 0.717) is 22.1 Å². The molecule has 0 aliphatic heterocycles. The van der Waals surface area contributed by atoms with Crippen LogP contribution in [0.4, 0.5) is 0 Å². The molecule has 6 nitrogen and oxygen atoms in total. The van der Waals surface area contributed by atoms with Gasteiger partial charge in [0, 0.05) is 11.6 Å². The molecular formula is C20H17NO5S. The second-order valence-electron chi connectivity index (χ2n) is 5.45. The lowest BCUT2D eigenvalue weighted by Crippen LogP contribution is -2.12. The van der Waals surface area contributed by atoms with E-state index in [-0.39, 0.29) is 12.4 Å². The standard InChI is InChI=1S/C20H17NO5S/c1-24-16-8-7-13(11-17(16)25-2)15(22)12-26-20(23)10-9-19-21-14-5-3-4-6-18(14)27-19/h3-11H,12H2,1-2H3/b10-9+. The quantitative estimate of drug-likeness (QED) is 0.351. The molecule has 0 fully saturated rings. The first-order chi connectivity index (χ1) is 13.1. The molecule has 0 aliphatic carbocycles. The lowest BCUT2D eigenvalue weighted by molar-refractivity contribution is -0.136. The predicted octanol–water partition coefficient (Wildman–Crippen LogP) is 3.75. The van der Waals surface area contributed by atoms with Gasteiger partial charge in [0.1, 0.15) is 5.01 Å². The van der Waals surface area contributed by atoms with Crippen molar-refractivity contribution in [2.75, 3.05) is 20.8 Å². The van der Waals surface area contributed by atoms with Gasteiger partial charge in [-0.15, -0.1) is 11.3 Å². The molecule has 0 unspecified atom stereocenters. The average molecular weight is 383 g/mol. The normalized spacial score (nSPS) is 10.9. The van der Waals surface area contributed by atoms with Crippen molar-refractivity contribution >= 4 is 39.4 Å². The molecule has 0 spiro atoms. The number of Topliss-reactive ketones (excluding diaryl/α,β-unsaturated/α-hetero) is 1. The molecule has 27 heavy (non-hydrogen) atoms. The Morgan fingerprint density at radius 1 is 1.07 bits per heavy atom. The van der Waals surface area contributed by atoms with E-state index in [1.54, 1.807) is 24.3 Å². The van der Waals surface area contributed by atoms with Crippen LogP contribution in [-0.2, 0) is 9.53 Å². The number of fused-ring (bicyclic) bond motifs is 1.